The quantitative estimate of drug-likeness (QED) is 0.495. The molecule has 0 saturated heterocycles. The van der Waals surface area contributed by atoms with Crippen LogP contribution in [0.25, 0.3) is 0 Å². The fraction of sp³-hybridized carbons (Fsp3) is 0.667. The van der Waals surface area contributed by atoms with Crippen LogP contribution >= 0.6 is 0 Å². The summed E-state index contributed by atoms with van der Waals surface area (Å²) in [5, 5.41) is 0. The van der Waals surface area contributed by atoms with Crippen LogP contribution in [0.2, 0.25) is 0 Å². The van der Waals surface area contributed by atoms with Crippen LogP contribution in [0.1, 0.15) is 32.6 Å². The molecule has 0 saturated carbocycles. The zero-order valence-electron chi connectivity index (χ0n) is 6.19. The number of hydrogen-bond donors (Lipinski definition) is 0. The average molecular weight is 123 g/mol. The lowest BCUT2D eigenvalue weighted by Crippen LogP contribution is -1.93. The summed E-state index contributed by atoms with van der Waals surface area (Å²) in [7, 11) is 0. The SMILES string of the molecule is [CH2]CC(C)C1=CCCC1. The first kappa shape index (κ1) is 6.85. The van der Waals surface area contributed by atoms with Gasteiger partial charge in [0.15, 0.2) is 0 Å². The zero-order valence-corrected chi connectivity index (χ0v) is 6.19. The molecular formula is C9H15. The van der Waals surface area contributed by atoms with Crippen LogP contribution < -0.4 is 0 Å². The number of allylic oxidation sites excluding steroid dienone is 2. The Bertz CT molecular complexity index is 111. The maximum atomic E-state index is 3.89. The van der Waals surface area contributed by atoms with E-state index in [0.29, 0.717) is 0 Å². The minimum atomic E-state index is 0.743. The third-order valence-electron chi connectivity index (χ3n) is 2.14. The lowest BCUT2D eigenvalue weighted by atomic mass is 9.98. The summed E-state index contributed by atoms with van der Waals surface area (Å²) < 4.78 is 0. The van der Waals surface area contributed by atoms with Crippen LogP contribution in [0.15, 0.2) is 11.6 Å². The van der Waals surface area contributed by atoms with Crippen LogP contribution in [0.3, 0.4) is 0 Å². The molecule has 1 aliphatic carbocycles. The second-order valence-electron chi connectivity index (χ2n) is 2.86. The van der Waals surface area contributed by atoms with E-state index in [1.165, 1.54) is 19.3 Å². The van der Waals surface area contributed by atoms with E-state index in [1.54, 1.807) is 5.57 Å². The highest BCUT2D eigenvalue weighted by Gasteiger charge is 2.09. The molecule has 0 heteroatoms. The second-order valence-corrected chi connectivity index (χ2v) is 2.86. The molecule has 0 aromatic heterocycles. The third-order valence-corrected chi connectivity index (χ3v) is 2.14. The Balaban J connectivity index is 2.40. The van der Waals surface area contributed by atoms with Gasteiger partial charge in [-0.3, -0.25) is 0 Å². The molecule has 0 bridgehead atoms. The van der Waals surface area contributed by atoms with Crippen molar-refractivity contribution in [1.29, 1.82) is 0 Å². The average Bonchev–Trinajstić information content (AvgIpc) is 2.37. The summed E-state index contributed by atoms with van der Waals surface area (Å²) in [4.78, 5) is 0. The minimum absolute atomic E-state index is 0.743. The van der Waals surface area contributed by atoms with Crippen molar-refractivity contribution in [2.45, 2.75) is 32.6 Å². The standard InChI is InChI=1S/C9H15/c1-3-8(2)9-6-4-5-7-9/h6,8H,1,3-5,7H2,2H3. The molecule has 1 radical (unpaired) electrons. The Morgan fingerprint density at radius 3 is 3.00 bits per heavy atom. The van der Waals surface area contributed by atoms with Gasteiger partial charge in [-0.25, -0.2) is 0 Å². The van der Waals surface area contributed by atoms with E-state index >= 15 is 0 Å². The first-order valence-electron chi connectivity index (χ1n) is 3.82. The smallest absolute Gasteiger partial charge is 0.0232 e. The first-order valence-corrected chi connectivity index (χ1v) is 3.82. The second kappa shape index (κ2) is 3.05. The molecule has 0 aromatic carbocycles. The van der Waals surface area contributed by atoms with Gasteiger partial charge >= 0.3 is 0 Å². The maximum Gasteiger partial charge on any atom is -0.0232 e. The normalized spacial score (nSPS) is 21.8. The van der Waals surface area contributed by atoms with Gasteiger partial charge in [0.25, 0.3) is 0 Å². The van der Waals surface area contributed by atoms with E-state index in [-0.39, 0.29) is 0 Å². The van der Waals surface area contributed by atoms with Gasteiger partial charge in [0, 0.05) is 0 Å². The number of rotatable bonds is 2. The first-order chi connectivity index (χ1) is 4.34. The van der Waals surface area contributed by atoms with Crippen LogP contribution in [0.4, 0.5) is 0 Å². The molecule has 0 nitrogen and oxygen atoms in total. The number of hydrogen-bond acceptors (Lipinski definition) is 0. The van der Waals surface area contributed by atoms with E-state index in [9.17, 15) is 0 Å². The van der Waals surface area contributed by atoms with Gasteiger partial charge in [-0.05, 0) is 31.6 Å². The fourth-order valence-electron chi connectivity index (χ4n) is 1.33. The molecule has 9 heavy (non-hydrogen) atoms. The minimum Gasteiger partial charge on any atom is -0.0851 e. The van der Waals surface area contributed by atoms with Gasteiger partial charge in [-0.1, -0.05) is 25.5 Å². The molecular weight excluding hydrogens is 108 g/mol. The highest BCUT2D eigenvalue weighted by Crippen LogP contribution is 2.26. The Kier molecular flexibility index (Phi) is 2.32. The summed E-state index contributed by atoms with van der Waals surface area (Å²) in [6, 6.07) is 0. The van der Waals surface area contributed by atoms with E-state index in [1.807, 2.05) is 0 Å². The van der Waals surface area contributed by atoms with Crippen LogP contribution in [0.5, 0.6) is 0 Å². The van der Waals surface area contributed by atoms with E-state index < -0.39 is 0 Å². The molecule has 0 spiro atoms. The van der Waals surface area contributed by atoms with E-state index in [0.717, 1.165) is 12.3 Å². The maximum absolute atomic E-state index is 3.89. The molecule has 0 fully saturated rings. The predicted molar refractivity (Wildman–Crippen MR) is 41.1 cm³/mol. The van der Waals surface area contributed by atoms with Crippen LogP contribution in [0, 0.1) is 12.8 Å². The largest absolute Gasteiger partial charge is 0.0851 e. The topological polar surface area (TPSA) is 0 Å². The van der Waals surface area contributed by atoms with Gasteiger partial charge < -0.3 is 0 Å². The van der Waals surface area contributed by atoms with Gasteiger partial charge in [0.1, 0.15) is 0 Å². The van der Waals surface area contributed by atoms with Crippen molar-refractivity contribution in [3.63, 3.8) is 0 Å². The van der Waals surface area contributed by atoms with Gasteiger partial charge in [0.05, 0.1) is 0 Å². The summed E-state index contributed by atoms with van der Waals surface area (Å²) in [5.41, 5.74) is 1.64. The summed E-state index contributed by atoms with van der Waals surface area (Å²) in [6.45, 7) is 6.16. The fourth-order valence-corrected chi connectivity index (χ4v) is 1.33. The van der Waals surface area contributed by atoms with Crippen LogP contribution in [-0.4, -0.2) is 0 Å². The highest BCUT2D eigenvalue weighted by molar-refractivity contribution is 5.10. The Morgan fingerprint density at radius 1 is 1.78 bits per heavy atom. The van der Waals surface area contributed by atoms with E-state index in [4.69, 9.17) is 0 Å². The van der Waals surface area contributed by atoms with Gasteiger partial charge in [0.2, 0.25) is 0 Å². The summed E-state index contributed by atoms with van der Waals surface area (Å²) in [5.74, 6) is 0.743. The summed E-state index contributed by atoms with van der Waals surface area (Å²) >= 11 is 0. The van der Waals surface area contributed by atoms with Gasteiger partial charge in [-0.2, -0.15) is 0 Å². The molecule has 1 atom stereocenters. The Hall–Kier alpha value is -0.260. The molecule has 1 rings (SSSR count). The molecule has 51 valence electrons. The van der Waals surface area contributed by atoms with Crippen molar-refractivity contribution in [2.24, 2.45) is 5.92 Å². The molecule has 0 N–H and O–H groups in total. The molecule has 1 aliphatic rings. The summed E-state index contributed by atoms with van der Waals surface area (Å²) in [6.07, 6.45) is 7.46. The molecule has 0 heterocycles. The van der Waals surface area contributed by atoms with E-state index in [2.05, 4.69) is 19.9 Å². The lowest BCUT2D eigenvalue weighted by Gasteiger charge is -2.07. The highest BCUT2D eigenvalue weighted by atomic mass is 14.1. The predicted octanol–water partition coefficient (Wildman–Crippen LogP) is 2.96. The monoisotopic (exact) mass is 123 g/mol. The van der Waals surface area contributed by atoms with Gasteiger partial charge in [-0.15, -0.1) is 0 Å². The van der Waals surface area contributed by atoms with Crippen molar-refractivity contribution in [3.8, 4) is 0 Å². The molecule has 0 amide bonds. The Labute approximate surface area is 58.0 Å². The van der Waals surface area contributed by atoms with Crippen molar-refractivity contribution in [3.05, 3.63) is 18.6 Å². The molecule has 1 unspecified atom stereocenters. The van der Waals surface area contributed by atoms with Crippen molar-refractivity contribution >= 4 is 0 Å². The van der Waals surface area contributed by atoms with Crippen molar-refractivity contribution in [2.75, 3.05) is 0 Å². The lowest BCUT2D eigenvalue weighted by molar-refractivity contribution is 0.664. The third kappa shape index (κ3) is 1.57. The molecule has 0 aliphatic heterocycles. The van der Waals surface area contributed by atoms with Crippen LogP contribution in [-0.2, 0) is 0 Å². The molecule has 0 aromatic rings. The van der Waals surface area contributed by atoms with Crippen molar-refractivity contribution < 1.29 is 0 Å². The Morgan fingerprint density at radius 2 is 2.56 bits per heavy atom. The van der Waals surface area contributed by atoms with Crippen molar-refractivity contribution in [1.82, 2.24) is 0 Å². The zero-order chi connectivity index (χ0) is 6.69.